The average Bonchev–Trinajstić information content (AvgIpc) is 2.48. The molecular formula is C17H22NO3P. The lowest BCUT2D eigenvalue weighted by Crippen LogP contribution is -2.00. The third kappa shape index (κ3) is 4.51. The molecule has 0 bridgehead atoms. The second-order valence-corrected chi connectivity index (χ2v) is 7.07. The van der Waals surface area contributed by atoms with E-state index in [0.29, 0.717) is 18.9 Å². The Labute approximate surface area is 132 Å². The number of nitrogens with zero attached hydrogens (tertiary/aromatic N) is 1. The van der Waals surface area contributed by atoms with Gasteiger partial charge in [0.2, 0.25) is 0 Å². The highest BCUT2D eigenvalue weighted by Gasteiger charge is 2.24. The molecule has 0 unspecified atom stereocenters. The van der Waals surface area contributed by atoms with Crippen LogP contribution in [0.25, 0.3) is 11.1 Å². The molecule has 0 aliphatic rings. The van der Waals surface area contributed by atoms with Gasteiger partial charge in [-0.1, -0.05) is 35.9 Å². The number of hydrogen-bond acceptors (Lipinski definition) is 4. The van der Waals surface area contributed by atoms with E-state index in [9.17, 15) is 4.57 Å². The van der Waals surface area contributed by atoms with E-state index in [2.05, 4.69) is 30.1 Å². The zero-order valence-electron chi connectivity index (χ0n) is 13.3. The van der Waals surface area contributed by atoms with Crippen molar-refractivity contribution >= 4 is 7.60 Å². The SMILES string of the molecule is CCOP(=O)(Cc1ccc(-c2cccc(C)c2)cn1)OCC. The van der Waals surface area contributed by atoms with E-state index < -0.39 is 7.60 Å². The molecule has 0 N–H and O–H groups in total. The van der Waals surface area contributed by atoms with Gasteiger partial charge in [-0.3, -0.25) is 9.55 Å². The minimum absolute atomic E-state index is 0.197. The molecular weight excluding hydrogens is 297 g/mol. The van der Waals surface area contributed by atoms with Crippen LogP contribution in [0.2, 0.25) is 0 Å². The molecule has 5 heteroatoms. The molecule has 0 aliphatic carbocycles. The maximum atomic E-state index is 12.5. The van der Waals surface area contributed by atoms with E-state index in [-0.39, 0.29) is 6.16 Å². The molecule has 0 atom stereocenters. The van der Waals surface area contributed by atoms with Gasteiger partial charge >= 0.3 is 7.60 Å². The van der Waals surface area contributed by atoms with E-state index >= 15 is 0 Å². The summed E-state index contributed by atoms with van der Waals surface area (Å²) in [5, 5.41) is 0. The largest absolute Gasteiger partial charge is 0.336 e. The molecule has 0 fully saturated rings. The molecule has 2 aromatic rings. The van der Waals surface area contributed by atoms with E-state index in [1.165, 1.54) is 5.56 Å². The van der Waals surface area contributed by atoms with Crippen LogP contribution in [0.3, 0.4) is 0 Å². The van der Waals surface area contributed by atoms with E-state index in [4.69, 9.17) is 9.05 Å². The van der Waals surface area contributed by atoms with Crippen LogP contribution in [0.1, 0.15) is 25.1 Å². The van der Waals surface area contributed by atoms with Crippen molar-refractivity contribution in [2.24, 2.45) is 0 Å². The first kappa shape index (κ1) is 16.9. The fraction of sp³-hybridized carbons (Fsp3) is 0.353. The fourth-order valence-corrected chi connectivity index (χ4v) is 3.86. The van der Waals surface area contributed by atoms with Crippen molar-refractivity contribution in [2.45, 2.75) is 26.9 Å². The first-order valence-corrected chi connectivity index (χ1v) is 9.19. The molecule has 1 heterocycles. The summed E-state index contributed by atoms with van der Waals surface area (Å²) < 4.78 is 23.1. The third-order valence-corrected chi connectivity index (χ3v) is 5.20. The molecule has 22 heavy (non-hydrogen) atoms. The van der Waals surface area contributed by atoms with Crippen LogP contribution >= 0.6 is 7.60 Å². The Kier molecular flexibility index (Phi) is 5.90. The predicted molar refractivity (Wildman–Crippen MR) is 89.0 cm³/mol. The maximum absolute atomic E-state index is 12.5. The van der Waals surface area contributed by atoms with E-state index in [1.807, 2.05) is 18.2 Å². The molecule has 0 spiro atoms. The van der Waals surface area contributed by atoms with Crippen molar-refractivity contribution in [3.63, 3.8) is 0 Å². The smallest absolute Gasteiger partial charge is 0.309 e. The predicted octanol–water partition coefficient (Wildman–Crippen LogP) is 4.82. The topological polar surface area (TPSA) is 48.4 Å². The number of aromatic nitrogens is 1. The molecule has 4 nitrogen and oxygen atoms in total. The third-order valence-electron chi connectivity index (χ3n) is 3.18. The average molecular weight is 319 g/mol. The van der Waals surface area contributed by atoms with Crippen LogP contribution in [0, 0.1) is 6.92 Å². The van der Waals surface area contributed by atoms with Gasteiger partial charge in [0.25, 0.3) is 0 Å². The Bertz CT molecular complexity index is 645. The van der Waals surface area contributed by atoms with Crippen LogP contribution in [0.15, 0.2) is 42.6 Å². The molecule has 118 valence electrons. The quantitative estimate of drug-likeness (QED) is 0.686. The highest BCUT2D eigenvalue weighted by molar-refractivity contribution is 7.53. The van der Waals surface area contributed by atoms with Gasteiger partial charge < -0.3 is 9.05 Å². The van der Waals surface area contributed by atoms with Gasteiger partial charge in [-0.2, -0.15) is 0 Å². The Morgan fingerprint density at radius 1 is 1.05 bits per heavy atom. The zero-order chi connectivity index (χ0) is 16.0. The maximum Gasteiger partial charge on any atom is 0.336 e. The molecule has 0 saturated carbocycles. The number of rotatable bonds is 7. The van der Waals surface area contributed by atoms with Crippen molar-refractivity contribution in [1.29, 1.82) is 0 Å². The van der Waals surface area contributed by atoms with Crippen molar-refractivity contribution in [1.82, 2.24) is 4.98 Å². The number of aryl methyl sites for hydroxylation is 1. The first-order valence-electron chi connectivity index (χ1n) is 7.46. The fourth-order valence-electron chi connectivity index (χ4n) is 2.23. The highest BCUT2D eigenvalue weighted by atomic mass is 31.2. The van der Waals surface area contributed by atoms with Gasteiger partial charge in [0.1, 0.15) is 0 Å². The zero-order valence-corrected chi connectivity index (χ0v) is 14.2. The van der Waals surface area contributed by atoms with Crippen LogP contribution < -0.4 is 0 Å². The standard InChI is InChI=1S/C17H22NO3P/c1-4-20-22(19,21-5-2)13-17-10-9-16(12-18-17)15-8-6-7-14(3)11-15/h6-12H,4-5,13H2,1-3H3. The Balaban J connectivity index is 2.16. The molecule has 0 radical (unpaired) electrons. The second kappa shape index (κ2) is 7.68. The van der Waals surface area contributed by atoms with Crippen molar-refractivity contribution in [2.75, 3.05) is 13.2 Å². The lowest BCUT2D eigenvalue weighted by atomic mass is 10.1. The summed E-state index contributed by atoms with van der Waals surface area (Å²) >= 11 is 0. The lowest BCUT2D eigenvalue weighted by Gasteiger charge is -2.16. The minimum atomic E-state index is -3.10. The Morgan fingerprint density at radius 3 is 2.32 bits per heavy atom. The summed E-state index contributed by atoms with van der Waals surface area (Å²) in [4.78, 5) is 4.40. The Morgan fingerprint density at radius 2 is 1.77 bits per heavy atom. The van der Waals surface area contributed by atoms with Crippen LogP contribution in [0.5, 0.6) is 0 Å². The Hall–Kier alpha value is -1.48. The first-order chi connectivity index (χ1) is 10.6. The second-order valence-electron chi connectivity index (χ2n) is 5.01. The summed E-state index contributed by atoms with van der Waals surface area (Å²) in [5.74, 6) is 0. The minimum Gasteiger partial charge on any atom is -0.309 e. The van der Waals surface area contributed by atoms with Gasteiger partial charge in [-0.25, -0.2) is 0 Å². The molecule has 1 aromatic carbocycles. The summed E-state index contributed by atoms with van der Waals surface area (Å²) in [6, 6.07) is 12.1. The van der Waals surface area contributed by atoms with E-state index in [0.717, 1.165) is 11.1 Å². The summed E-state index contributed by atoms with van der Waals surface area (Å²) in [6.45, 7) is 6.39. The summed E-state index contributed by atoms with van der Waals surface area (Å²) in [7, 11) is -3.10. The molecule has 0 aliphatic heterocycles. The van der Waals surface area contributed by atoms with Gasteiger partial charge in [0, 0.05) is 11.8 Å². The van der Waals surface area contributed by atoms with E-state index in [1.54, 1.807) is 20.0 Å². The molecule has 2 rings (SSSR count). The van der Waals surface area contributed by atoms with Crippen LogP contribution in [-0.4, -0.2) is 18.2 Å². The van der Waals surface area contributed by atoms with Gasteiger partial charge in [0.05, 0.1) is 25.1 Å². The van der Waals surface area contributed by atoms with Crippen molar-refractivity contribution in [3.8, 4) is 11.1 Å². The van der Waals surface area contributed by atoms with Crippen molar-refractivity contribution < 1.29 is 13.6 Å². The summed E-state index contributed by atoms with van der Waals surface area (Å²) in [5.41, 5.74) is 4.08. The highest BCUT2D eigenvalue weighted by Crippen LogP contribution is 2.50. The number of benzene rings is 1. The number of pyridine rings is 1. The van der Waals surface area contributed by atoms with Crippen LogP contribution in [0.4, 0.5) is 0 Å². The molecule has 0 saturated heterocycles. The molecule has 0 amide bonds. The van der Waals surface area contributed by atoms with Gasteiger partial charge in [-0.05, 0) is 32.4 Å². The monoisotopic (exact) mass is 319 g/mol. The lowest BCUT2D eigenvalue weighted by molar-refractivity contribution is 0.219. The van der Waals surface area contributed by atoms with Crippen molar-refractivity contribution in [3.05, 3.63) is 53.9 Å². The number of hydrogen-bond donors (Lipinski definition) is 0. The van der Waals surface area contributed by atoms with Gasteiger partial charge in [0.15, 0.2) is 0 Å². The van der Waals surface area contributed by atoms with Crippen LogP contribution in [-0.2, 0) is 19.8 Å². The van der Waals surface area contributed by atoms with Gasteiger partial charge in [-0.15, -0.1) is 0 Å². The normalized spacial score (nSPS) is 11.6. The summed E-state index contributed by atoms with van der Waals surface area (Å²) in [6.07, 6.45) is 2.00. The molecule has 1 aromatic heterocycles.